The van der Waals surface area contributed by atoms with Gasteiger partial charge in [0.15, 0.2) is 6.10 Å². The Morgan fingerprint density at radius 3 is 1.63 bits per heavy atom. The topological polar surface area (TPSA) is 134 Å². The lowest BCUT2D eigenvalue weighted by Gasteiger charge is -2.19. The first-order chi connectivity index (χ1) is 24.8. The molecule has 0 aromatic carbocycles. The first-order valence-corrected chi connectivity index (χ1v) is 21.3. The van der Waals surface area contributed by atoms with Gasteiger partial charge >= 0.3 is 19.8 Å². The molecule has 0 heterocycles. The Kier molecular flexibility index (Phi) is 35.8. The minimum Gasteiger partial charge on any atom is -0.462 e. The number of hydrogen-bond acceptors (Lipinski definition) is 8. The highest BCUT2D eigenvalue weighted by atomic mass is 31.2. The van der Waals surface area contributed by atoms with E-state index in [0.717, 1.165) is 64.2 Å². The number of nitrogens with two attached hydrogens (primary N) is 1. The molecule has 294 valence electrons. The first kappa shape index (κ1) is 48.7. The zero-order chi connectivity index (χ0) is 37.5. The molecule has 51 heavy (non-hydrogen) atoms. The average Bonchev–Trinajstić information content (AvgIpc) is 3.11. The van der Waals surface area contributed by atoms with E-state index in [4.69, 9.17) is 24.3 Å². The largest absolute Gasteiger partial charge is 0.472 e. The van der Waals surface area contributed by atoms with Gasteiger partial charge in [-0.2, -0.15) is 0 Å². The number of carbonyl (C=O) groups excluding carboxylic acids is 2. The van der Waals surface area contributed by atoms with Crippen molar-refractivity contribution in [2.45, 2.75) is 161 Å². The third-order valence-electron chi connectivity index (χ3n) is 7.88. The zero-order valence-electron chi connectivity index (χ0n) is 32.1. The number of phosphoric ester groups is 1. The molecule has 0 saturated carbocycles. The summed E-state index contributed by atoms with van der Waals surface area (Å²) in [5.41, 5.74) is 5.33. The van der Waals surface area contributed by atoms with Crippen molar-refractivity contribution in [3.8, 4) is 0 Å². The molecule has 1 unspecified atom stereocenters. The lowest BCUT2D eigenvalue weighted by atomic mass is 10.1. The second-order valence-corrected chi connectivity index (χ2v) is 14.2. The third kappa shape index (κ3) is 37.3. The van der Waals surface area contributed by atoms with Gasteiger partial charge in [0.25, 0.3) is 0 Å². The van der Waals surface area contributed by atoms with Gasteiger partial charge in [-0.1, -0.05) is 126 Å². The molecule has 0 fully saturated rings. The zero-order valence-corrected chi connectivity index (χ0v) is 33.0. The summed E-state index contributed by atoms with van der Waals surface area (Å²) in [5, 5.41) is 0. The standard InChI is InChI=1S/C41H72NO8P/c1-3-5-7-9-11-13-15-17-18-19-20-22-23-25-27-29-31-33-40(43)47-37-39(38-49-51(45,46)48-36-35-42)50-41(44)34-32-30-28-26-24-21-16-14-12-10-8-6-4-2/h11,13-14,16-18,20,22,25,27,39H,3-10,12,15,19,21,23-24,26,28-38,42H2,1-2H3,(H,45,46)/t39-/m1/s1. The number of rotatable bonds is 36. The van der Waals surface area contributed by atoms with E-state index in [1.165, 1.54) is 51.4 Å². The minimum atomic E-state index is -4.39. The Bertz CT molecular complexity index is 1020. The first-order valence-electron chi connectivity index (χ1n) is 19.8. The van der Waals surface area contributed by atoms with Crippen molar-refractivity contribution in [1.29, 1.82) is 0 Å². The molecule has 2 atom stereocenters. The highest BCUT2D eigenvalue weighted by molar-refractivity contribution is 7.47. The van der Waals surface area contributed by atoms with E-state index >= 15 is 0 Å². The van der Waals surface area contributed by atoms with Crippen molar-refractivity contribution in [2.24, 2.45) is 5.73 Å². The molecule has 0 spiro atoms. The summed E-state index contributed by atoms with van der Waals surface area (Å²) in [5.74, 6) is -0.910. The van der Waals surface area contributed by atoms with E-state index in [2.05, 4.69) is 68.5 Å². The molecule has 0 aliphatic carbocycles. The van der Waals surface area contributed by atoms with Crippen LogP contribution in [0.4, 0.5) is 0 Å². The number of carbonyl (C=O) groups is 2. The van der Waals surface area contributed by atoms with Crippen molar-refractivity contribution in [3.63, 3.8) is 0 Å². The fourth-order valence-corrected chi connectivity index (χ4v) is 5.68. The Labute approximate surface area is 310 Å². The Morgan fingerprint density at radius 1 is 0.588 bits per heavy atom. The quantitative estimate of drug-likeness (QED) is 0.0279. The van der Waals surface area contributed by atoms with Crippen LogP contribution in [0.15, 0.2) is 60.8 Å². The predicted octanol–water partition coefficient (Wildman–Crippen LogP) is 10.9. The van der Waals surface area contributed by atoms with Crippen molar-refractivity contribution in [1.82, 2.24) is 0 Å². The number of unbranched alkanes of at least 4 members (excludes halogenated alkanes) is 13. The molecule has 10 heteroatoms. The maximum atomic E-state index is 12.5. The summed E-state index contributed by atoms with van der Waals surface area (Å²) in [6, 6.07) is 0. The number of phosphoric acid groups is 1. The summed E-state index contributed by atoms with van der Waals surface area (Å²) in [6.45, 7) is 3.59. The van der Waals surface area contributed by atoms with Gasteiger partial charge < -0.3 is 20.1 Å². The summed E-state index contributed by atoms with van der Waals surface area (Å²) in [6.07, 6.45) is 42.5. The second-order valence-electron chi connectivity index (χ2n) is 12.8. The van der Waals surface area contributed by atoms with E-state index in [1.54, 1.807) is 0 Å². The molecule has 0 radical (unpaired) electrons. The van der Waals surface area contributed by atoms with Gasteiger partial charge in [0.2, 0.25) is 0 Å². The van der Waals surface area contributed by atoms with Gasteiger partial charge in [0, 0.05) is 19.4 Å². The highest BCUT2D eigenvalue weighted by Gasteiger charge is 2.25. The Hall–Kier alpha value is -2.29. The molecular weight excluding hydrogens is 665 g/mol. The van der Waals surface area contributed by atoms with Crippen LogP contribution in [-0.4, -0.2) is 49.3 Å². The molecule has 0 bridgehead atoms. The Balaban J connectivity index is 4.33. The molecule has 0 aromatic rings. The average molecular weight is 738 g/mol. The van der Waals surface area contributed by atoms with E-state index in [9.17, 15) is 19.0 Å². The lowest BCUT2D eigenvalue weighted by molar-refractivity contribution is -0.161. The van der Waals surface area contributed by atoms with Gasteiger partial charge in [0.05, 0.1) is 13.2 Å². The van der Waals surface area contributed by atoms with Crippen LogP contribution in [-0.2, 0) is 32.7 Å². The van der Waals surface area contributed by atoms with Crippen LogP contribution in [0, 0.1) is 0 Å². The molecule has 3 N–H and O–H groups in total. The van der Waals surface area contributed by atoms with E-state index in [0.29, 0.717) is 12.8 Å². The molecule has 0 amide bonds. The number of ether oxygens (including phenoxy) is 2. The number of allylic oxidation sites excluding steroid dienone is 10. The van der Waals surface area contributed by atoms with Crippen LogP contribution < -0.4 is 5.73 Å². The monoisotopic (exact) mass is 737 g/mol. The number of esters is 2. The van der Waals surface area contributed by atoms with Crippen molar-refractivity contribution >= 4 is 19.8 Å². The molecular formula is C41H72NO8P. The fraction of sp³-hybridized carbons (Fsp3) is 0.707. The van der Waals surface area contributed by atoms with Crippen LogP contribution in [0.5, 0.6) is 0 Å². The minimum absolute atomic E-state index is 0.0425. The van der Waals surface area contributed by atoms with Gasteiger partial charge in [-0.15, -0.1) is 0 Å². The maximum absolute atomic E-state index is 12.5. The van der Waals surface area contributed by atoms with Gasteiger partial charge in [-0.3, -0.25) is 18.6 Å². The normalized spacial score (nSPS) is 14.0. The lowest BCUT2D eigenvalue weighted by Crippen LogP contribution is -2.29. The van der Waals surface area contributed by atoms with Gasteiger partial charge in [-0.25, -0.2) is 4.57 Å². The van der Waals surface area contributed by atoms with Gasteiger partial charge in [0.1, 0.15) is 6.61 Å². The second kappa shape index (κ2) is 37.5. The summed E-state index contributed by atoms with van der Waals surface area (Å²) in [7, 11) is -4.39. The van der Waals surface area contributed by atoms with Crippen LogP contribution in [0.2, 0.25) is 0 Å². The van der Waals surface area contributed by atoms with Crippen LogP contribution in [0.3, 0.4) is 0 Å². The summed E-state index contributed by atoms with van der Waals surface area (Å²) in [4.78, 5) is 34.7. The molecule has 0 aromatic heterocycles. The van der Waals surface area contributed by atoms with E-state index in [-0.39, 0.29) is 32.6 Å². The van der Waals surface area contributed by atoms with Crippen molar-refractivity contribution < 1.29 is 37.6 Å². The van der Waals surface area contributed by atoms with Crippen LogP contribution >= 0.6 is 7.82 Å². The highest BCUT2D eigenvalue weighted by Crippen LogP contribution is 2.43. The number of hydrogen-bond donors (Lipinski definition) is 2. The molecule has 0 aliphatic heterocycles. The van der Waals surface area contributed by atoms with Crippen molar-refractivity contribution in [3.05, 3.63) is 60.8 Å². The summed E-state index contributed by atoms with van der Waals surface area (Å²) >= 11 is 0. The Morgan fingerprint density at radius 2 is 1.04 bits per heavy atom. The third-order valence-corrected chi connectivity index (χ3v) is 8.86. The SMILES string of the molecule is CCCCCC=CCC=CCC=CCC=CCCCC(=O)OC[C@H](COP(=O)(O)OCCN)OC(=O)CCCCCCCC=CCCCCCC. The van der Waals surface area contributed by atoms with Crippen LogP contribution in [0.25, 0.3) is 0 Å². The smallest absolute Gasteiger partial charge is 0.462 e. The van der Waals surface area contributed by atoms with E-state index < -0.39 is 32.5 Å². The summed E-state index contributed by atoms with van der Waals surface area (Å²) < 4.78 is 32.6. The maximum Gasteiger partial charge on any atom is 0.472 e. The van der Waals surface area contributed by atoms with E-state index in [1.807, 2.05) is 6.08 Å². The van der Waals surface area contributed by atoms with Crippen molar-refractivity contribution in [2.75, 3.05) is 26.4 Å². The molecule has 0 rings (SSSR count). The molecule has 9 nitrogen and oxygen atoms in total. The predicted molar refractivity (Wildman–Crippen MR) is 210 cm³/mol. The van der Waals surface area contributed by atoms with Crippen LogP contribution in [0.1, 0.15) is 155 Å². The molecule has 0 aliphatic rings. The molecule has 0 saturated heterocycles. The van der Waals surface area contributed by atoms with Gasteiger partial charge in [-0.05, 0) is 77.0 Å². The fourth-order valence-electron chi connectivity index (χ4n) is 4.91.